The number of carbonyl (C=O) groups excluding carboxylic acids is 1. The Labute approximate surface area is 146 Å². The summed E-state index contributed by atoms with van der Waals surface area (Å²) < 4.78 is 5.35. The first kappa shape index (κ1) is 17.1. The van der Waals surface area contributed by atoms with Gasteiger partial charge in [-0.1, -0.05) is 19.0 Å². The zero-order valence-corrected chi connectivity index (χ0v) is 15.1. The fourth-order valence-corrected chi connectivity index (χ4v) is 3.38. The van der Waals surface area contributed by atoms with Crippen LogP contribution in [0.5, 0.6) is 0 Å². The average Bonchev–Trinajstić information content (AvgIpc) is 3.24. The summed E-state index contributed by atoms with van der Waals surface area (Å²) >= 11 is 1.62. The Hall–Kier alpha value is -1.73. The van der Waals surface area contributed by atoms with E-state index in [1.165, 1.54) is 0 Å². The van der Waals surface area contributed by atoms with Crippen molar-refractivity contribution in [2.45, 2.75) is 33.2 Å². The predicted molar refractivity (Wildman–Crippen MR) is 93.5 cm³/mol. The van der Waals surface area contributed by atoms with Gasteiger partial charge in [-0.3, -0.25) is 9.69 Å². The zero-order chi connectivity index (χ0) is 16.9. The van der Waals surface area contributed by atoms with Crippen LogP contribution in [-0.2, 0) is 11.3 Å². The van der Waals surface area contributed by atoms with E-state index in [-0.39, 0.29) is 5.91 Å². The van der Waals surface area contributed by atoms with Gasteiger partial charge in [0.15, 0.2) is 0 Å². The number of piperazine rings is 1. The monoisotopic (exact) mass is 348 g/mol. The minimum Gasteiger partial charge on any atom is -0.340 e. The van der Waals surface area contributed by atoms with Gasteiger partial charge in [0.25, 0.3) is 0 Å². The lowest BCUT2D eigenvalue weighted by Crippen LogP contribution is -2.48. The van der Waals surface area contributed by atoms with E-state index in [9.17, 15) is 4.79 Å². The van der Waals surface area contributed by atoms with Crippen LogP contribution in [0.25, 0.3) is 11.4 Å². The number of rotatable bonds is 6. The van der Waals surface area contributed by atoms with Crippen LogP contribution in [0.15, 0.2) is 21.3 Å². The number of aromatic nitrogens is 2. The van der Waals surface area contributed by atoms with Gasteiger partial charge in [-0.25, -0.2) is 0 Å². The molecule has 1 fully saturated rings. The summed E-state index contributed by atoms with van der Waals surface area (Å²) in [6, 6.07) is 1.99. The minimum absolute atomic E-state index is 0.279. The molecule has 3 rings (SSSR count). The Balaban J connectivity index is 1.46. The Morgan fingerprint density at radius 1 is 1.33 bits per heavy atom. The Bertz CT molecular complexity index is 645. The lowest BCUT2D eigenvalue weighted by molar-refractivity contribution is -0.133. The molecular formula is C17H24N4O2S. The number of amides is 1. The molecule has 0 spiro atoms. The quantitative estimate of drug-likeness (QED) is 0.803. The summed E-state index contributed by atoms with van der Waals surface area (Å²) in [5.74, 6) is 2.13. The maximum absolute atomic E-state index is 12.2. The second kappa shape index (κ2) is 7.90. The van der Waals surface area contributed by atoms with Crippen molar-refractivity contribution in [3.8, 4) is 11.4 Å². The molecule has 24 heavy (non-hydrogen) atoms. The highest BCUT2D eigenvalue weighted by Crippen LogP contribution is 2.19. The highest BCUT2D eigenvalue weighted by Gasteiger charge is 2.22. The third kappa shape index (κ3) is 4.42. The van der Waals surface area contributed by atoms with Gasteiger partial charge in [-0.05, 0) is 23.8 Å². The van der Waals surface area contributed by atoms with E-state index < -0.39 is 0 Å². The minimum atomic E-state index is 0.279. The van der Waals surface area contributed by atoms with E-state index >= 15 is 0 Å². The van der Waals surface area contributed by atoms with E-state index in [0.29, 0.717) is 30.6 Å². The molecule has 0 aromatic carbocycles. The molecule has 0 atom stereocenters. The SMILES string of the molecule is CC(C)CCC(=O)N1CCN(Cc2nc(-c3ccsc3)no2)CC1. The van der Waals surface area contributed by atoms with Crippen LogP contribution in [0, 0.1) is 5.92 Å². The van der Waals surface area contributed by atoms with Crippen LogP contribution >= 0.6 is 11.3 Å². The lowest BCUT2D eigenvalue weighted by atomic mass is 10.1. The second-order valence-electron chi connectivity index (χ2n) is 6.61. The summed E-state index contributed by atoms with van der Waals surface area (Å²) in [6.45, 7) is 8.21. The van der Waals surface area contributed by atoms with Crippen molar-refractivity contribution < 1.29 is 9.32 Å². The first-order valence-electron chi connectivity index (χ1n) is 8.47. The van der Waals surface area contributed by atoms with E-state index in [4.69, 9.17) is 4.52 Å². The van der Waals surface area contributed by atoms with Crippen LogP contribution in [0.3, 0.4) is 0 Å². The Kier molecular flexibility index (Phi) is 5.63. The van der Waals surface area contributed by atoms with Crippen molar-refractivity contribution in [2.75, 3.05) is 26.2 Å². The molecule has 0 saturated carbocycles. The fourth-order valence-electron chi connectivity index (χ4n) is 2.74. The van der Waals surface area contributed by atoms with Gasteiger partial charge in [0.2, 0.25) is 17.6 Å². The maximum Gasteiger partial charge on any atom is 0.241 e. The molecule has 1 amide bonds. The van der Waals surface area contributed by atoms with Crippen LogP contribution in [-0.4, -0.2) is 52.0 Å². The third-order valence-corrected chi connectivity index (χ3v) is 4.95. The normalized spacial score (nSPS) is 16.0. The molecular weight excluding hydrogens is 324 g/mol. The molecule has 6 nitrogen and oxygen atoms in total. The number of nitrogens with zero attached hydrogens (tertiary/aromatic N) is 4. The molecule has 3 heterocycles. The van der Waals surface area contributed by atoms with Crippen molar-refractivity contribution in [3.05, 3.63) is 22.7 Å². The molecule has 0 N–H and O–H groups in total. The average molecular weight is 348 g/mol. The zero-order valence-electron chi connectivity index (χ0n) is 14.3. The standard InChI is InChI=1S/C17H24N4O2S/c1-13(2)3-4-16(22)21-8-6-20(7-9-21)11-15-18-17(19-23-15)14-5-10-24-12-14/h5,10,12-13H,3-4,6-9,11H2,1-2H3. The highest BCUT2D eigenvalue weighted by molar-refractivity contribution is 7.08. The smallest absolute Gasteiger partial charge is 0.241 e. The molecule has 2 aromatic rings. The highest BCUT2D eigenvalue weighted by atomic mass is 32.1. The summed E-state index contributed by atoms with van der Waals surface area (Å²) in [7, 11) is 0. The topological polar surface area (TPSA) is 62.5 Å². The van der Waals surface area contributed by atoms with Gasteiger partial charge < -0.3 is 9.42 Å². The largest absolute Gasteiger partial charge is 0.340 e. The van der Waals surface area contributed by atoms with Gasteiger partial charge in [-0.2, -0.15) is 16.3 Å². The first-order chi connectivity index (χ1) is 11.6. The van der Waals surface area contributed by atoms with E-state index in [2.05, 4.69) is 28.9 Å². The number of hydrogen-bond acceptors (Lipinski definition) is 6. The first-order valence-corrected chi connectivity index (χ1v) is 9.41. The molecule has 130 valence electrons. The summed E-state index contributed by atoms with van der Waals surface area (Å²) in [5, 5.41) is 8.05. The van der Waals surface area contributed by atoms with Gasteiger partial charge >= 0.3 is 0 Å². The van der Waals surface area contributed by atoms with Gasteiger partial charge in [-0.15, -0.1) is 0 Å². The van der Waals surface area contributed by atoms with Gasteiger partial charge in [0, 0.05) is 43.5 Å². The van der Waals surface area contributed by atoms with Crippen molar-refractivity contribution in [3.63, 3.8) is 0 Å². The molecule has 0 bridgehead atoms. The number of thiophene rings is 1. The molecule has 2 aromatic heterocycles. The van der Waals surface area contributed by atoms with Crippen molar-refractivity contribution in [1.82, 2.24) is 19.9 Å². The van der Waals surface area contributed by atoms with E-state index in [1.807, 2.05) is 21.7 Å². The molecule has 1 aliphatic heterocycles. The van der Waals surface area contributed by atoms with Crippen molar-refractivity contribution in [1.29, 1.82) is 0 Å². The van der Waals surface area contributed by atoms with Crippen LogP contribution in [0.4, 0.5) is 0 Å². The van der Waals surface area contributed by atoms with Gasteiger partial charge in [0.05, 0.1) is 6.54 Å². The van der Waals surface area contributed by atoms with Crippen LogP contribution < -0.4 is 0 Å². The van der Waals surface area contributed by atoms with Crippen LogP contribution in [0.1, 0.15) is 32.6 Å². The molecule has 0 radical (unpaired) electrons. The van der Waals surface area contributed by atoms with Crippen LogP contribution in [0.2, 0.25) is 0 Å². The van der Waals surface area contributed by atoms with Crippen molar-refractivity contribution in [2.24, 2.45) is 5.92 Å². The Morgan fingerprint density at radius 3 is 2.79 bits per heavy atom. The molecule has 1 saturated heterocycles. The fraction of sp³-hybridized carbons (Fsp3) is 0.588. The summed E-state index contributed by atoms with van der Waals surface area (Å²) in [5.41, 5.74) is 0.996. The lowest BCUT2D eigenvalue weighted by Gasteiger charge is -2.34. The second-order valence-corrected chi connectivity index (χ2v) is 7.39. The molecule has 0 aliphatic carbocycles. The predicted octanol–water partition coefficient (Wildman–Crippen LogP) is 2.88. The van der Waals surface area contributed by atoms with Crippen molar-refractivity contribution >= 4 is 17.2 Å². The maximum atomic E-state index is 12.2. The molecule has 7 heteroatoms. The number of hydrogen-bond donors (Lipinski definition) is 0. The van der Waals surface area contributed by atoms with E-state index in [0.717, 1.165) is 38.2 Å². The Morgan fingerprint density at radius 2 is 2.12 bits per heavy atom. The molecule has 1 aliphatic rings. The third-order valence-electron chi connectivity index (χ3n) is 4.27. The van der Waals surface area contributed by atoms with Gasteiger partial charge in [0.1, 0.15) is 0 Å². The summed E-state index contributed by atoms with van der Waals surface area (Å²) in [6.07, 6.45) is 1.62. The van der Waals surface area contributed by atoms with E-state index in [1.54, 1.807) is 11.3 Å². The molecule has 0 unspecified atom stereocenters. The number of carbonyl (C=O) groups is 1. The summed E-state index contributed by atoms with van der Waals surface area (Å²) in [4.78, 5) is 20.9.